The van der Waals surface area contributed by atoms with Crippen molar-refractivity contribution in [2.24, 2.45) is 4.99 Å². The Hall–Kier alpha value is -3.92. The van der Waals surface area contributed by atoms with Crippen molar-refractivity contribution >= 4 is 46.8 Å². The molecule has 0 spiro atoms. The Morgan fingerprint density at radius 1 is 0.741 bits per heavy atom. The van der Waals surface area contributed by atoms with Gasteiger partial charge in [0.1, 0.15) is 25.6 Å². The first-order chi connectivity index (χ1) is 26.4. The normalized spacial score (nSPS) is 13.2. The second kappa shape index (κ2) is 23.8. The van der Waals surface area contributed by atoms with Crippen molar-refractivity contribution in [3.8, 4) is 29.2 Å². The minimum absolute atomic E-state index is 0.271. The first kappa shape index (κ1) is 42.8. The lowest BCUT2D eigenvalue weighted by atomic mass is 9.63. The van der Waals surface area contributed by atoms with E-state index in [1.165, 1.54) is 0 Å². The third-order valence-electron chi connectivity index (χ3n) is 8.21. The van der Waals surface area contributed by atoms with Gasteiger partial charge in [0.2, 0.25) is 0 Å². The van der Waals surface area contributed by atoms with Crippen LogP contribution in [-0.2, 0) is 28.4 Å². The number of ether oxygens (including phenoxy) is 7. The maximum Gasteiger partial charge on any atom is 0.433 e. The van der Waals surface area contributed by atoms with E-state index in [0.717, 1.165) is 60.0 Å². The van der Waals surface area contributed by atoms with Crippen LogP contribution in [0.2, 0.25) is 0 Å². The number of aromatic nitrogens is 1. The van der Waals surface area contributed by atoms with Gasteiger partial charge in [-0.2, -0.15) is 0 Å². The third kappa shape index (κ3) is 13.4. The number of aliphatic imine (C=N–C) groups is 1. The molecule has 0 saturated heterocycles. The monoisotopic (exact) mass is 844 g/mol. The molecule has 1 aliphatic heterocycles. The Morgan fingerprint density at radius 3 is 1.94 bits per heavy atom. The second-order valence-electron chi connectivity index (χ2n) is 12.3. The molecule has 0 bridgehead atoms. The smallest absolute Gasteiger partial charge is 0.433 e. The van der Waals surface area contributed by atoms with Gasteiger partial charge < -0.3 is 37.6 Å². The fraction of sp³-hybridized carbons (Fsp3) is 0.372. The first-order valence-corrected chi connectivity index (χ1v) is 19.0. The summed E-state index contributed by atoms with van der Waals surface area (Å²) in [5.41, 5.74) is 9.10. The summed E-state index contributed by atoms with van der Waals surface area (Å²) in [6.45, 7) is 10.5. The SMILES string of the molecule is COCCOCC#CB(C#CCOCCOC)n1c(C)cc(C)c1/C(=C1N=C(/C=C/c2ccc(OCCOCCOC)cc2)C=C\1C)c1ccc(I)cc1. The van der Waals surface area contributed by atoms with Gasteiger partial charge in [0, 0.05) is 41.9 Å². The highest BCUT2D eigenvalue weighted by Crippen LogP contribution is 2.37. The molecule has 2 heterocycles. The Balaban J connectivity index is 1.70. The van der Waals surface area contributed by atoms with Crippen molar-refractivity contribution in [1.82, 2.24) is 4.48 Å². The van der Waals surface area contributed by atoms with Crippen LogP contribution in [0.15, 0.2) is 83.0 Å². The zero-order valence-corrected chi connectivity index (χ0v) is 34.4. The average Bonchev–Trinajstić information content (AvgIpc) is 3.68. The maximum absolute atomic E-state index is 5.82. The highest BCUT2D eigenvalue weighted by molar-refractivity contribution is 14.1. The summed E-state index contributed by atoms with van der Waals surface area (Å²) in [7, 11) is 4.96. The van der Waals surface area contributed by atoms with Crippen molar-refractivity contribution in [2.45, 2.75) is 20.8 Å². The highest BCUT2D eigenvalue weighted by atomic mass is 127. The Labute approximate surface area is 335 Å². The zero-order chi connectivity index (χ0) is 38.5. The molecule has 0 fully saturated rings. The minimum atomic E-state index is -0.464. The lowest BCUT2D eigenvalue weighted by Gasteiger charge is -2.19. The number of nitrogens with zero attached hydrogens (tertiary/aromatic N) is 2. The molecule has 0 radical (unpaired) electrons. The van der Waals surface area contributed by atoms with Crippen molar-refractivity contribution in [3.63, 3.8) is 0 Å². The van der Waals surface area contributed by atoms with Crippen LogP contribution in [-0.4, -0.2) is 104 Å². The number of benzene rings is 2. The molecule has 9 nitrogen and oxygen atoms in total. The van der Waals surface area contributed by atoms with E-state index in [1.54, 1.807) is 21.3 Å². The number of hydrogen-bond acceptors (Lipinski definition) is 8. The summed E-state index contributed by atoms with van der Waals surface area (Å²) in [5.74, 6) is 14.0. The van der Waals surface area contributed by atoms with Crippen molar-refractivity contribution in [3.05, 3.63) is 110 Å². The van der Waals surface area contributed by atoms with E-state index in [-0.39, 0.29) is 13.2 Å². The van der Waals surface area contributed by atoms with E-state index >= 15 is 0 Å². The fourth-order valence-electron chi connectivity index (χ4n) is 5.64. The lowest BCUT2D eigenvalue weighted by molar-refractivity contribution is 0.0544. The highest BCUT2D eigenvalue weighted by Gasteiger charge is 2.27. The number of halogens is 1. The van der Waals surface area contributed by atoms with E-state index < -0.39 is 6.85 Å². The molecular weight excluding hydrogens is 794 g/mol. The van der Waals surface area contributed by atoms with E-state index in [0.29, 0.717) is 52.9 Å². The van der Waals surface area contributed by atoms with Crippen molar-refractivity contribution in [2.75, 3.05) is 87.4 Å². The molecule has 0 unspecified atom stereocenters. The van der Waals surface area contributed by atoms with Crippen molar-refractivity contribution < 1.29 is 33.2 Å². The topological polar surface area (TPSA) is 81.9 Å². The van der Waals surface area contributed by atoms with Crippen LogP contribution in [0.3, 0.4) is 0 Å². The zero-order valence-electron chi connectivity index (χ0n) is 32.2. The van der Waals surface area contributed by atoms with Crippen LogP contribution < -0.4 is 4.74 Å². The summed E-state index contributed by atoms with van der Waals surface area (Å²) in [6, 6.07) is 18.7. The van der Waals surface area contributed by atoms with E-state index in [9.17, 15) is 0 Å². The molecule has 2 aromatic carbocycles. The maximum atomic E-state index is 5.82. The van der Waals surface area contributed by atoms with Gasteiger partial charge in [-0.1, -0.05) is 42.2 Å². The first-order valence-electron chi connectivity index (χ1n) is 17.9. The molecule has 0 atom stereocenters. The minimum Gasteiger partial charge on any atom is -0.491 e. The lowest BCUT2D eigenvalue weighted by Crippen LogP contribution is -2.26. The number of aryl methyl sites for hydroxylation is 2. The summed E-state index contributed by atoms with van der Waals surface area (Å²) >= 11 is 2.34. The van der Waals surface area contributed by atoms with Crippen LogP contribution in [0.1, 0.15) is 35.0 Å². The molecule has 0 aliphatic carbocycles. The number of allylic oxidation sites excluding steroid dienone is 3. The van der Waals surface area contributed by atoms with Crippen LogP contribution in [0.4, 0.5) is 0 Å². The van der Waals surface area contributed by atoms with Crippen LogP contribution in [0.25, 0.3) is 11.6 Å². The Bertz CT molecular complexity index is 1860. The van der Waals surface area contributed by atoms with Gasteiger partial charge in [0.25, 0.3) is 0 Å². The predicted octanol–water partition coefficient (Wildman–Crippen LogP) is 6.88. The van der Waals surface area contributed by atoms with Gasteiger partial charge in [0.15, 0.2) is 0 Å². The van der Waals surface area contributed by atoms with Gasteiger partial charge in [-0.05, 0) is 108 Å². The van der Waals surface area contributed by atoms with Gasteiger partial charge >= 0.3 is 6.85 Å². The average molecular weight is 845 g/mol. The van der Waals surface area contributed by atoms with E-state index in [2.05, 4.69) is 114 Å². The van der Waals surface area contributed by atoms with Crippen LogP contribution in [0.5, 0.6) is 5.75 Å². The quantitative estimate of drug-likeness (QED) is 0.0532. The summed E-state index contributed by atoms with van der Waals surface area (Å²) in [5, 5.41) is 0. The molecule has 0 amide bonds. The van der Waals surface area contributed by atoms with E-state index in [4.69, 9.17) is 38.2 Å². The number of methoxy groups -OCH3 is 3. The molecule has 1 aliphatic rings. The molecule has 0 saturated carbocycles. The standard InChI is InChI=1S/C43H50BIN2O7/c1-33-32-39(16-9-36-10-17-40(18-11-36)54-30-29-53-28-25-50-6)46-42(33)41(37-12-14-38(45)15-13-37)43-34(2)31-35(3)47(43)44(19-7-21-51-26-23-48-4)20-8-22-52-27-24-49-5/h9-18,31-32H,21-30H2,1-6H3/b16-9+,42-41-. The van der Waals surface area contributed by atoms with Crippen molar-refractivity contribution in [1.29, 1.82) is 0 Å². The molecule has 54 heavy (non-hydrogen) atoms. The Kier molecular flexibility index (Phi) is 18.9. The van der Waals surface area contributed by atoms with Gasteiger partial charge in [-0.25, -0.2) is 4.99 Å². The third-order valence-corrected chi connectivity index (χ3v) is 8.93. The molecule has 284 valence electrons. The van der Waals surface area contributed by atoms with Gasteiger partial charge in [0.05, 0.1) is 57.7 Å². The fourth-order valence-corrected chi connectivity index (χ4v) is 6.00. The predicted molar refractivity (Wildman–Crippen MR) is 226 cm³/mol. The molecule has 11 heteroatoms. The van der Waals surface area contributed by atoms with Crippen LogP contribution in [0, 0.1) is 40.9 Å². The molecule has 0 N–H and O–H groups in total. The molecular formula is C43H50BIN2O7. The molecule has 4 rings (SSSR count). The van der Waals surface area contributed by atoms with Gasteiger partial charge in [-0.3, -0.25) is 0 Å². The summed E-state index contributed by atoms with van der Waals surface area (Å²) in [6.07, 6.45) is 6.24. The Morgan fingerprint density at radius 2 is 1.33 bits per heavy atom. The summed E-state index contributed by atoms with van der Waals surface area (Å²) < 4.78 is 41.2. The number of rotatable bonds is 20. The summed E-state index contributed by atoms with van der Waals surface area (Å²) in [4.78, 5) is 5.23. The molecule has 3 aromatic rings. The van der Waals surface area contributed by atoms with E-state index in [1.807, 2.05) is 30.3 Å². The second-order valence-corrected chi connectivity index (χ2v) is 13.5. The van der Waals surface area contributed by atoms with Crippen LogP contribution >= 0.6 is 22.6 Å². The largest absolute Gasteiger partial charge is 0.491 e. The molecule has 1 aromatic heterocycles. The van der Waals surface area contributed by atoms with Gasteiger partial charge in [-0.15, -0.1) is 11.6 Å². The number of hydrogen-bond donors (Lipinski definition) is 0.